The van der Waals surface area contributed by atoms with Gasteiger partial charge in [-0.2, -0.15) is 9.78 Å². The molecule has 5 aromatic rings. The van der Waals surface area contributed by atoms with Gasteiger partial charge in [-0.05, 0) is 44.2 Å². The monoisotopic (exact) mass is 556 g/mol. The first-order chi connectivity index (χ1) is 19.8. The molecule has 0 aliphatic rings. The molecule has 0 aliphatic carbocycles. The molecule has 3 aromatic carbocycles. The number of furan rings is 1. The van der Waals surface area contributed by atoms with Crippen molar-refractivity contribution in [1.29, 1.82) is 0 Å². The molecule has 12 heteroatoms. The molecule has 0 saturated heterocycles. The summed E-state index contributed by atoms with van der Waals surface area (Å²) in [4.78, 5) is 41.4. The number of hydrogen-bond donors (Lipinski definition) is 0. The number of carbonyl (C=O) groups is 1. The highest BCUT2D eigenvalue weighted by molar-refractivity contribution is 5.86. The van der Waals surface area contributed by atoms with Gasteiger partial charge in [0, 0.05) is 17.0 Å². The maximum absolute atomic E-state index is 13.5. The van der Waals surface area contributed by atoms with Crippen molar-refractivity contribution in [3.8, 4) is 23.1 Å². The van der Waals surface area contributed by atoms with Gasteiger partial charge < -0.3 is 18.6 Å². The molecular formula is C29H24N4O8. The van der Waals surface area contributed by atoms with E-state index in [1.807, 2.05) is 18.2 Å². The lowest BCUT2D eigenvalue weighted by Crippen LogP contribution is -2.25. The Labute approximate surface area is 232 Å². The molecule has 0 amide bonds. The summed E-state index contributed by atoms with van der Waals surface area (Å²) in [5.41, 5.74) is 0.362. The summed E-state index contributed by atoms with van der Waals surface area (Å²) >= 11 is 0. The molecule has 2 aromatic heterocycles. The molecule has 0 N–H and O–H groups in total. The highest BCUT2D eigenvalue weighted by Crippen LogP contribution is 2.39. The summed E-state index contributed by atoms with van der Waals surface area (Å²) in [7, 11) is 1.18. The van der Waals surface area contributed by atoms with Crippen molar-refractivity contribution < 1.29 is 28.3 Å². The van der Waals surface area contributed by atoms with Gasteiger partial charge in [-0.25, -0.2) is 9.78 Å². The summed E-state index contributed by atoms with van der Waals surface area (Å²) in [6.45, 7) is 3.25. The quantitative estimate of drug-likeness (QED) is 0.106. The number of nitrogens with zero attached hydrogens (tertiary/aromatic N) is 4. The summed E-state index contributed by atoms with van der Waals surface area (Å²) in [5, 5.41) is 17.5. The van der Waals surface area contributed by atoms with Gasteiger partial charge >= 0.3 is 11.7 Å². The third-order valence-electron chi connectivity index (χ3n) is 6.10. The number of benzene rings is 3. The Morgan fingerprint density at radius 2 is 1.93 bits per heavy atom. The Bertz CT molecular complexity index is 1840. The van der Waals surface area contributed by atoms with Crippen molar-refractivity contribution in [1.82, 2.24) is 9.66 Å². The molecule has 2 heterocycles. The zero-order chi connectivity index (χ0) is 29.1. The Morgan fingerprint density at radius 3 is 2.66 bits per heavy atom. The zero-order valence-corrected chi connectivity index (χ0v) is 22.3. The molecule has 41 heavy (non-hydrogen) atoms. The minimum Gasteiger partial charge on any atom is -0.490 e. The van der Waals surface area contributed by atoms with Gasteiger partial charge in [0.1, 0.15) is 5.58 Å². The molecule has 12 nitrogen and oxygen atoms in total. The Balaban J connectivity index is 1.65. The SMILES string of the molecule is CCOc1cc(C=Nn2c(-c3cc4ccccc4o3)nc3ccccc3c2=O)cc([N+](=O)[O-])c1O[C@@H](C)C(=O)OC. The Kier molecular flexibility index (Phi) is 7.46. The number of nitro benzene ring substituents is 1. The molecule has 0 bridgehead atoms. The second kappa shape index (κ2) is 11.3. The zero-order valence-electron chi connectivity index (χ0n) is 22.3. The van der Waals surface area contributed by atoms with E-state index in [0.717, 1.165) is 10.1 Å². The average Bonchev–Trinajstić information content (AvgIpc) is 3.41. The number of fused-ring (bicyclic) bond motifs is 2. The van der Waals surface area contributed by atoms with Gasteiger partial charge in [-0.3, -0.25) is 14.9 Å². The maximum atomic E-state index is 13.5. The lowest BCUT2D eigenvalue weighted by molar-refractivity contribution is -0.386. The van der Waals surface area contributed by atoms with Crippen LogP contribution in [0.2, 0.25) is 0 Å². The smallest absolute Gasteiger partial charge is 0.346 e. The molecule has 5 rings (SSSR count). The molecule has 0 fully saturated rings. The van der Waals surface area contributed by atoms with Crippen LogP contribution in [0.5, 0.6) is 11.5 Å². The standard InChI is InChI=1S/C29H24N4O8/c1-4-39-24-14-18(13-22(33(36)37)26(24)40-17(2)29(35)38-3)16-30-32-27(25-15-19-9-5-8-12-23(19)41-25)31-21-11-7-6-10-20(21)28(32)34/h5-17H,4H2,1-3H3/t17-/m0/s1. The second-order valence-corrected chi connectivity index (χ2v) is 8.80. The number of aromatic nitrogens is 2. The highest BCUT2D eigenvalue weighted by Gasteiger charge is 2.27. The molecule has 0 saturated carbocycles. The van der Waals surface area contributed by atoms with Gasteiger partial charge in [-0.1, -0.05) is 30.3 Å². The van der Waals surface area contributed by atoms with E-state index in [1.54, 1.807) is 43.3 Å². The number of carbonyl (C=O) groups excluding carboxylic acids is 1. The number of methoxy groups -OCH3 is 1. The fourth-order valence-corrected chi connectivity index (χ4v) is 4.20. The summed E-state index contributed by atoms with van der Waals surface area (Å²) < 4.78 is 22.9. The molecule has 0 spiro atoms. The molecule has 0 unspecified atom stereocenters. The molecule has 0 aliphatic heterocycles. The van der Waals surface area contributed by atoms with Crippen LogP contribution in [0.3, 0.4) is 0 Å². The van der Waals surface area contributed by atoms with E-state index in [2.05, 4.69) is 14.8 Å². The summed E-state index contributed by atoms with van der Waals surface area (Å²) in [6, 6.07) is 18.6. The first-order valence-electron chi connectivity index (χ1n) is 12.6. The van der Waals surface area contributed by atoms with E-state index in [4.69, 9.17) is 13.9 Å². The van der Waals surface area contributed by atoms with Crippen molar-refractivity contribution in [2.45, 2.75) is 20.0 Å². The lowest BCUT2D eigenvalue weighted by Gasteiger charge is -2.16. The number of rotatable bonds is 9. The van der Waals surface area contributed by atoms with E-state index < -0.39 is 28.2 Å². The fraction of sp³-hybridized carbons (Fsp3) is 0.172. The van der Waals surface area contributed by atoms with Gasteiger partial charge in [-0.15, -0.1) is 0 Å². The van der Waals surface area contributed by atoms with Crippen molar-refractivity contribution in [3.05, 3.63) is 92.8 Å². The van der Waals surface area contributed by atoms with Crippen LogP contribution in [0, 0.1) is 10.1 Å². The molecule has 0 radical (unpaired) electrons. The van der Waals surface area contributed by atoms with E-state index in [1.165, 1.54) is 32.4 Å². The number of esters is 1. The Hall–Kier alpha value is -5.52. The van der Waals surface area contributed by atoms with Crippen molar-refractivity contribution >= 4 is 39.7 Å². The molecule has 1 atom stereocenters. The van der Waals surface area contributed by atoms with Gasteiger partial charge in [0.15, 0.2) is 17.6 Å². The van der Waals surface area contributed by atoms with Crippen LogP contribution < -0.4 is 15.0 Å². The van der Waals surface area contributed by atoms with Crippen molar-refractivity contribution in [3.63, 3.8) is 0 Å². The number of nitro groups is 1. The van der Waals surface area contributed by atoms with Crippen LogP contribution in [0.4, 0.5) is 5.69 Å². The highest BCUT2D eigenvalue weighted by atomic mass is 16.6. The normalized spacial score (nSPS) is 12.1. The third-order valence-corrected chi connectivity index (χ3v) is 6.10. The van der Waals surface area contributed by atoms with E-state index in [-0.39, 0.29) is 29.5 Å². The van der Waals surface area contributed by atoms with Crippen LogP contribution in [0.1, 0.15) is 19.4 Å². The van der Waals surface area contributed by atoms with Crippen molar-refractivity contribution in [2.24, 2.45) is 5.10 Å². The largest absolute Gasteiger partial charge is 0.490 e. The lowest BCUT2D eigenvalue weighted by atomic mass is 10.1. The van der Waals surface area contributed by atoms with Crippen LogP contribution in [0.15, 0.2) is 81.0 Å². The fourth-order valence-electron chi connectivity index (χ4n) is 4.20. The molecule has 208 valence electrons. The topological polar surface area (TPSA) is 148 Å². The van der Waals surface area contributed by atoms with Crippen LogP contribution in [0.25, 0.3) is 33.5 Å². The van der Waals surface area contributed by atoms with E-state index in [0.29, 0.717) is 22.2 Å². The minimum absolute atomic E-state index is 0.0143. The first-order valence-corrected chi connectivity index (χ1v) is 12.6. The summed E-state index contributed by atoms with van der Waals surface area (Å²) in [6.07, 6.45) is 0.138. The third kappa shape index (κ3) is 5.35. The van der Waals surface area contributed by atoms with Gasteiger partial charge in [0.05, 0.1) is 35.8 Å². The maximum Gasteiger partial charge on any atom is 0.346 e. The molecular weight excluding hydrogens is 532 g/mol. The van der Waals surface area contributed by atoms with Crippen LogP contribution in [-0.2, 0) is 9.53 Å². The summed E-state index contributed by atoms with van der Waals surface area (Å²) in [5.74, 6) is -0.478. The second-order valence-electron chi connectivity index (χ2n) is 8.80. The van der Waals surface area contributed by atoms with Gasteiger partial charge in [0.2, 0.25) is 11.6 Å². The van der Waals surface area contributed by atoms with Crippen LogP contribution in [-0.4, -0.2) is 46.6 Å². The minimum atomic E-state index is -1.13. The number of para-hydroxylation sites is 2. The predicted octanol–water partition coefficient (Wildman–Crippen LogP) is 4.94. The van der Waals surface area contributed by atoms with Crippen LogP contribution >= 0.6 is 0 Å². The average molecular weight is 557 g/mol. The van der Waals surface area contributed by atoms with Crippen molar-refractivity contribution in [2.75, 3.05) is 13.7 Å². The number of hydrogen-bond acceptors (Lipinski definition) is 10. The van der Waals surface area contributed by atoms with Gasteiger partial charge in [0.25, 0.3) is 5.56 Å². The number of ether oxygens (including phenoxy) is 3. The Morgan fingerprint density at radius 1 is 1.17 bits per heavy atom. The van der Waals surface area contributed by atoms with E-state index >= 15 is 0 Å². The van der Waals surface area contributed by atoms with E-state index in [9.17, 15) is 19.7 Å². The first kappa shape index (κ1) is 27.1. The predicted molar refractivity (Wildman–Crippen MR) is 151 cm³/mol.